The number of hydrogen-bond acceptors (Lipinski definition) is 3. The van der Waals surface area contributed by atoms with Crippen molar-refractivity contribution in [2.45, 2.75) is 57.9 Å². The summed E-state index contributed by atoms with van der Waals surface area (Å²) in [4.78, 5) is 36.3. The van der Waals surface area contributed by atoms with E-state index in [1.165, 1.54) is 5.56 Å². The molecule has 172 valence electrons. The first-order chi connectivity index (χ1) is 15.5. The molecule has 0 spiro atoms. The molecule has 0 aromatic heterocycles. The highest BCUT2D eigenvalue weighted by atomic mass is 16.4. The van der Waals surface area contributed by atoms with Crippen LogP contribution >= 0.6 is 0 Å². The van der Waals surface area contributed by atoms with Crippen molar-refractivity contribution in [2.75, 3.05) is 6.54 Å². The van der Waals surface area contributed by atoms with Crippen LogP contribution in [-0.2, 0) is 27.2 Å². The van der Waals surface area contributed by atoms with Crippen LogP contribution in [-0.4, -0.2) is 35.5 Å². The minimum atomic E-state index is -0.945. The summed E-state index contributed by atoms with van der Waals surface area (Å²) in [6.07, 6.45) is 4.29. The fraction of sp³-hybridized carbons (Fsp3) is 0.423. The molecule has 32 heavy (non-hydrogen) atoms. The number of carbonyl (C=O) groups is 3. The lowest BCUT2D eigenvalue weighted by Gasteiger charge is -2.19. The minimum absolute atomic E-state index is 0.118. The number of carboxylic acids is 1. The summed E-state index contributed by atoms with van der Waals surface area (Å²) >= 11 is 0. The molecule has 2 rings (SSSR count). The Morgan fingerprint density at radius 1 is 0.906 bits per heavy atom. The summed E-state index contributed by atoms with van der Waals surface area (Å²) in [5.41, 5.74) is 2.25. The molecule has 0 aliphatic rings. The van der Waals surface area contributed by atoms with E-state index in [-0.39, 0.29) is 30.7 Å². The highest BCUT2D eigenvalue weighted by Crippen LogP contribution is 2.16. The largest absolute Gasteiger partial charge is 0.481 e. The lowest BCUT2D eigenvalue weighted by atomic mass is 9.92. The van der Waals surface area contributed by atoms with E-state index in [1.807, 2.05) is 67.6 Å². The van der Waals surface area contributed by atoms with Crippen LogP contribution in [0.15, 0.2) is 60.7 Å². The third kappa shape index (κ3) is 9.77. The molecule has 2 aromatic carbocycles. The second kappa shape index (κ2) is 14.0. The van der Waals surface area contributed by atoms with Crippen molar-refractivity contribution in [3.63, 3.8) is 0 Å². The summed E-state index contributed by atoms with van der Waals surface area (Å²) in [5.74, 6) is -1.73. The smallest absolute Gasteiger partial charge is 0.305 e. The standard InChI is InChI=1S/C26H34N2O4/c1-2-3-14-23(18-25(30)31)28-24(29)19-27-26(32)22(17-21-12-8-5-9-13-21)16-15-20-10-6-4-7-11-20/h4-13,22-23H,2-3,14-19H2,1H3,(H,27,32)(H,28,29)(H,30,31). The van der Waals surface area contributed by atoms with E-state index >= 15 is 0 Å². The molecule has 0 radical (unpaired) electrons. The monoisotopic (exact) mass is 438 g/mol. The molecule has 2 atom stereocenters. The van der Waals surface area contributed by atoms with Crippen LogP contribution in [0.3, 0.4) is 0 Å². The van der Waals surface area contributed by atoms with Gasteiger partial charge >= 0.3 is 5.97 Å². The van der Waals surface area contributed by atoms with Crippen molar-refractivity contribution in [2.24, 2.45) is 5.92 Å². The first-order valence-corrected chi connectivity index (χ1v) is 11.3. The molecule has 6 nitrogen and oxygen atoms in total. The topological polar surface area (TPSA) is 95.5 Å². The molecular weight excluding hydrogens is 404 g/mol. The fourth-order valence-electron chi connectivity index (χ4n) is 3.69. The number of carbonyl (C=O) groups excluding carboxylic acids is 2. The number of nitrogens with one attached hydrogen (secondary N) is 2. The van der Waals surface area contributed by atoms with Crippen LogP contribution in [0.1, 0.15) is 50.2 Å². The van der Waals surface area contributed by atoms with Gasteiger partial charge in [0.2, 0.25) is 11.8 Å². The number of benzene rings is 2. The Labute approximate surface area is 190 Å². The number of unbranched alkanes of at least 4 members (excludes halogenated alkanes) is 1. The summed E-state index contributed by atoms with van der Waals surface area (Å²) < 4.78 is 0. The Bertz CT molecular complexity index is 839. The molecule has 2 aromatic rings. The van der Waals surface area contributed by atoms with E-state index in [0.29, 0.717) is 19.3 Å². The van der Waals surface area contributed by atoms with E-state index in [2.05, 4.69) is 10.6 Å². The first-order valence-electron chi connectivity index (χ1n) is 11.3. The molecule has 2 amide bonds. The molecule has 0 fully saturated rings. The molecule has 3 N–H and O–H groups in total. The van der Waals surface area contributed by atoms with Gasteiger partial charge in [0.15, 0.2) is 0 Å². The summed E-state index contributed by atoms with van der Waals surface area (Å²) in [6.45, 7) is 1.86. The average Bonchev–Trinajstić information content (AvgIpc) is 2.79. The average molecular weight is 439 g/mol. The van der Waals surface area contributed by atoms with Crippen molar-refractivity contribution >= 4 is 17.8 Å². The normalized spacial score (nSPS) is 12.5. The third-order valence-corrected chi connectivity index (χ3v) is 5.44. The number of amides is 2. The van der Waals surface area contributed by atoms with Crippen LogP contribution in [0.5, 0.6) is 0 Å². The number of aryl methyl sites for hydroxylation is 1. The lowest BCUT2D eigenvalue weighted by Crippen LogP contribution is -2.44. The molecular formula is C26H34N2O4. The molecule has 0 saturated carbocycles. The SMILES string of the molecule is CCCCC(CC(=O)O)NC(=O)CNC(=O)C(CCc1ccccc1)Cc1ccccc1. The zero-order chi connectivity index (χ0) is 23.2. The number of aliphatic carboxylic acids is 1. The van der Waals surface area contributed by atoms with Crippen molar-refractivity contribution in [1.82, 2.24) is 10.6 Å². The third-order valence-electron chi connectivity index (χ3n) is 5.44. The summed E-state index contributed by atoms with van der Waals surface area (Å²) in [7, 11) is 0. The van der Waals surface area contributed by atoms with Gasteiger partial charge in [-0.15, -0.1) is 0 Å². The number of rotatable bonds is 14. The van der Waals surface area contributed by atoms with Gasteiger partial charge in [0.1, 0.15) is 0 Å². The molecule has 0 aliphatic heterocycles. The minimum Gasteiger partial charge on any atom is -0.481 e. The van der Waals surface area contributed by atoms with Gasteiger partial charge in [-0.25, -0.2) is 0 Å². The predicted octanol–water partition coefficient (Wildman–Crippen LogP) is 3.74. The van der Waals surface area contributed by atoms with Crippen molar-refractivity contribution in [3.05, 3.63) is 71.8 Å². The van der Waals surface area contributed by atoms with Gasteiger partial charge in [-0.2, -0.15) is 0 Å². The molecule has 0 heterocycles. The van der Waals surface area contributed by atoms with Crippen LogP contribution < -0.4 is 10.6 Å². The van der Waals surface area contributed by atoms with Gasteiger partial charge in [0, 0.05) is 12.0 Å². The molecule has 0 bridgehead atoms. The Kier molecular flexibility index (Phi) is 11.0. The van der Waals surface area contributed by atoms with Gasteiger partial charge < -0.3 is 15.7 Å². The lowest BCUT2D eigenvalue weighted by molar-refractivity contribution is -0.138. The first kappa shape index (κ1) is 25.1. The van der Waals surface area contributed by atoms with Crippen molar-refractivity contribution in [1.29, 1.82) is 0 Å². The highest BCUT2D eigenvalue weighted by Gasteiger charge is 2.21. The van der Waals surface area contributed by atoms with E-state index in [0.717, 1.165) is 24.8 Å². The highest BCUT2D eigenvalue weighted by molar-refractivity contribution is 5.86. The van der Waals surface area contributed by atoms with Gasteiger partial charge in [0.25, 0.3) is 0 Å². The van der Waals surface area contributed by atoms with Crippen molar-refractivity contribution in [3.8, 4) is 0 Å². The van der Waals surface area contributed by atoms with E-state index in [1.54, 1.807) is 0 Å². The van der Waals surface area contributed by atoms with Crippen LogP contribution in [0.2, 0.25) is 0 Å². The van der Waals surface area contributed by atoms with Crippen LogP contribution in [0.4, 0.5) is 0 Å². The number of hydrogen-bond donors (Lipinski definition) is 3. The molecule has 6 heteroatoms. The van der Waals surface area contributed by atoms with Gasteiger partial charge in [-0.05, 0) is 36.8 Å². The van der Waals surface area contributed by atoms with Gasteiger partial charge in [-0.3, -0.25) is 14.4 Å². The van der Waals surface area contributed by atoms with E-state index in [4.69, 9.17) is 5.11 Å². The Morgan fingerprint density at radius 2 is 1.53 bits per heavy atom. The summed E-state index contributed by atoms with van der Waals surface area (Å²) in [6, 6.07) is 19.5. The second-order valence-corrected chi connectivity index (χ2v) is 8.13. The van der Waals surface area contributed by atoms with Crippen LogP contribution in [0, 0.1) is 5.92 Å². The van der Waals surface area contributed by atoms with Crippen molar-refractivity contribution < 1.29 is 19.5 Å². The maximum atomic E-state index is 12.9. The predicted molar refractivity (Wildman–Crippen MR) is 125 cm³/mol. The Morgan fingerprint density at radius 3 is 2.12 bits per heavy atom. The molecule has 0 aliphatic carbocycles. The zero-order valence-corrected chi connectivity index (χ0v) is 18.8. The summed E-state index contributed by atoms with van der Waals surface area (Å²) in [5, 5.41) is 14.6. The quantitative estimate of drug-likeness (QED) is 0.419. The van der Waals surface area contributed by atoms with E-state index < -0.39 is 12.0 Å². The van der Waals surface area contributed by atoms with Gasteiger partial charge in [0.05, 0.1) is 13.0 Å². The maximum absolute atomic E-state index is 12.9. The Balaban J connectivity index is 1.93. The van der Waals surface area contributed by atoms with Gasteiger partial charge in [-0.1, -0.05) is 80.4 Å². The molecule has 2 unspecified atom stereocenters. The van der Waals surface area contributed by atoms with E-state index in [9.17, 15) is 14.4 Å². The second-order valence-electron chi connectivity index (χ2n) is 8.13. The maximum Gasteiger partial charge on any atom is 0.305 e. The fourth-order valence-corrected chi connectivity index (χ4v) is 3.69. The van der Waals surface area contributed by atoms with Crippen LogP contribution in [0.25, 0.3) is 0 Å². The number of carboxylic acid groups (broad SMARTS) is 1. The Hall–Kier alpha value is -3.15. The molecule has 0 saturated heterocycles. The zero-order valence-electron chi connectivity index (χ0n) is 18.8.